The highest BCUT2D eigenvalue weighted by Crippen LogP contribution is 2.29. The molecule has 1 aromatic rings. The molecule has 3 aliphatic rings. The molecule has 0 aliphatic carbocycles. The SMILES string of the molecule is CC(C(=O)NCC(=O)OCN1C(=O)CC[C@H](N2C(=O)c3ccccc3C2=O)C1=O)N1CCCC1. The van der Waals surface area contributed by atoms with Crippen LogP contribution in [0.3, 0.4) is 0 Å². The number of nitrogens with zero attached hydrogens (tertiary/aromatic N) is 3. The molecular weight excluding hydrogens is 444 g/mol. The molecule has 0 spiro atoms. The van der Waals surface area contributed by atoms with Crippen molar-refractivity contribution < 1.29 is 33.5 Å². The number of likely N-dealkylation sites (tertiary alicyclic amines) is 2. The second-order valence-corrected chi connectivity index (χ2v) is 8.52. The van der Waals surface area contributed by atoms with Crippen LogP contribution in [0.5, 0.6) is 0 Å². The van der Waals surface area contributed by atoms with Crippen molar-refractivity contribution in [1.29, 1.82) is 0 Å². The number of ether oxygens (including phenoxy) is 1. The predicted molar refractivity (Wildman–Crippen MR) is 116 cm³/mol. The van der Waals surface area contributed by atoms with Crippen molar-refractivity contribution in [2.24, 2.45) is 0 Å². The molecule has 2 fully saturated rings. The van der Waals surface area contributed by atoms with E-state index in [1.807, 2.05) is 4.90 Å². The molecule has 11 heteroatoms. The van der Waals surface area contributed by atoms with Crippen LogP contribution < -0.4 is 5.32 Å². The minimum Gasteiger partial charge on any atom is -0.442 e. The lowest BCUT2D eigenvalue weighted by atomic mass is 10.0. The van der Waals surface area contributed by atoms with Crippen LogP contribution in [0.4, 0.5) is 0 Å². The van der Waals surface area contributed by atoms with Crippen molar-refractivity contribution in [3.05, 3.63) is 35.4 Å². The number of hydrogen-bond acceptors (Lipinski definition) is 8. The van der Waals surface area contributed by atoms with Gasteiger partial charge in [0.1, 0.15) is 12.6 Å². The number of esters is 1. The zero-order valence-electron chi connectivity index (χ0n) is 18.8. The molecule has 180 valence electrons. The topological polar surface area (TPSA) is 133 Å². The quantitative estimate of drug-likeness (QED) is 0.432. The van der Waals surface area contributed by atoms with Gasteiger partial charge < -0.3 is 10.1 Å². The molecule has 5 amide bonds. The molecule has 0 aromatic heterocycles. The summed E-state index contributed by atoms with van der Waals surface area (Å²) in [6.45, 7) is 2.35. The van der Waals surface area contributed by atoms with Crippen molar-refractivity contribution in [1.82, 2.24) is 20.0 Å². The number of piperidine rings is 1. The predicted octanol–water partition coefficient (Wildman–Crippen LogP) is -0.0986. The van der Waals surface area contributed by atoms with E-state index in [1.54, 1.807) is 19.1 Å². The fraction of sp³-hybridized carbons (Fsp3) is 0.478. The van der Waals surface area contributed by atoms with Crippen LogP contribution in [0.15, 0.2) is 24.3 Å². The smallest absolute Gasteiger partial charge is 0.327 e. The number of nitrogens with one attached hydrogen (secondary N) is 1. The maximum atomic E-state index is 13.0. The summed E-state index contributed by atoms with van der Waals surface area (Å²) in [5.74, 6) is -3.68. The zero-order chi connectivity index (χ0) is 24.4. The average Bonchev–Trinajstić information content (AvgIpc) is 3.45. The third kappa shape index (κ3) is 4.43. The first kappa shape index (κ1) is 23.6. The summed E-state index contributed by atoms with van der Waals surface area (Å²) in [7, 11) is 0. The normalized spacial score (nSPS) is 21.6. The van der Waals surface area contributed by atoms with Crippen molar-refractivity contribution >= 4 is 35.5 Å². The van der Waals surface area contributed by atoms with Crippen LogP contribution in [-0.4, -0.2) is 88.7 Å². The molecule has 3 heterocycles. The van der Waals surface area contributed by atoms with Crippen LogP contribution >= 0.6 is 0 Å². The summed E-state index contributed by atoms with van der Waals surface area (Å²) in [6, 6.07) is 4.72. The van der Waals surface area contributed by atoms with E-state index in [2.05, 4.69) is 5.32 Å². The van der Waals surface area contributed by atoms with Gasteiger partial charge in [-0.3, -0.25) is 38.6 Å². The maximum Gasteiger partial charge on any atom is 0.327 e. The Morgan fingerprint density at radius 3 is 2.29 bits per heavy atom. The summed E-state index contributed by atoms with van der Waals surface area (Å²) >= 11 is 0. The van der Waals surface area contributed by atoms with Crippen molar-refractivity contribution in [2.45, 2.75) is 44.7 Å². The van der Waals surface area contributed by atoms with E-state index in [1.165, 1.54) is 12.1 Å². The van der Waals surface area contributed by atoms with Gasteiger partial charge in [-0.1, -0.05) is 12.1 Å². The highest BCUT2D eigenvalue weighted by molar-refractivity contribution is 6.23. The standard InChI is InChI=1S/C23H26N4O7/c1-14(25-10-4-5-11-25)20(30)24-12-19(29)34-13-26-18(28)9-8-17(23(26)33)27-21(31)15-6-2-3-7-16(15)22(27)32/h2-3,6-7,14,17H,4-5,8-13H2,1H3,(H,24,30)/t14?,17-/m0/s1. The Bertz CT molecular complexity index is 1010. The summed E-state index contributed by atoms with van der Waals surface area (Å²) in [5.41, 5.74) is 0.406. The number of fused-ring (bicyclic) bond motifs is 1. The number of imide groups is 2. The molecule has 2 saturated heterocycles. The van der Waals surface area contributed by atoms with E-state index in [0.717, 1.165) is 35.7 Å². The van der Waals surface area contributed by atoms with E-state index in [4.69, 9.17) is 4.74 Å². The van der Waals surface area contributed by atoms with Gasteiger partial charge in [0, 0.05) is 6.42 Å². The molecule has 11 nitrogen and oxygen atoms in total. The highest BCUT2D eigenvalue weighted by Gasteiger charge is 2.47. The molecule has 1 unspecified atom stereocenters. The molecule has 0 radical (unpaired) electrons. The molecule has 0 bridgehead atoms. The largest absolute Gasteiger partial charge is 0.442 e. The van der Waals surface area contributed by atoms with Crippen LogP contribution in [0.25, 0.3) is 0 Å². The number of amides is 5. The van der Waals surface area contributed by atoms with Crippen LogP contribution in [0, 0.1) is 0 Å². The van der Waals surface area contributed by atoms with Crippen molar-refractivity contribution in [2.75, 3.05) is 26.4 Å². The number of benzene rings is 1. The van der Waals surface area contributed by atoms with E-state index in [9.17, 15) is 28.8 Å². The third-order valence-corrected chi connectivity index (χ3v) is 6.45. The highest BCUT2D eigenvalue weighted by atomic mass is 16.5. The van der Waals surface area contributed by atoms with Gasteiger partial charge in [0.2, 0.25) is 11.8 Å². The Kier molecular flexibility index (Phi) is 6.73. The minimum atomic E-state index is -1.16. The fourth-order valence-electron chi connectivity index (χ4n) is 4.48. The third-order valence-electron chi connectivity index (χ3n) is 6.45. The Labute approximate surface area is 196 Å². The van der Waals surface area contributed by atoms with Crippen LogP contribution in [0.2, 0.25) is 0 Å². The summed E-state index contributed by atoms with van der Waals surface area (Å²) < 4.78 is 5.03. The first-order valence-electron chi connectivity index (χ1n) is 11.3. The van der Waals surface area contributed by atoms with Gasteiger partial charge in [-0.15, -0.1) is 0 Å². The second kappa shape index (κ2) is 9.72. The number of rotatable bonds is 7. The Balaban J connectivity index is 1.32. The van der Waals surface area contributed by atoms with E-state index in [-0.39, 0.29) is 35.9 Å². The zero-order valence-corrected chi connectivity index (χ0v) is 18.8. The summed E-state index contributed by atoms with van der Waals surface area (Å²) in [4.78, 5) is 78.7. The van der Waals surface area contributed by atoms with E-state index in [0.29, 0.717) is 0 Å². The fourth-order valence-corrected chi connectivity index (χ4v) is 4.48. The van der Waals surface area contributed by atoms with Crippen molar-refractivity contribution in [3.8, 4) is 0 Å². The monoisotopic (exact) mass is 470 g/mol. The molecule has 2 atom stereocenters. The molecule has 4 rings (SSSR count). The lowest BCUT2D eigenvalue weighted by Crippen LogP contribution is -2.56. The maximum absolute atomic E-state index is 13.0. The lowest BCUT2D eigenvalue weighted by molar-refractivity contribution is -0.163. The van der Waals surface area contributed by atoms with Gasteiger partial charge in [-0.25, -0.2) is 4.90 Å². The number of hydrogen-bond donors (Lipinski definition) is 1. The molecule has 0 saturated carbocycles. The van der Waals surface area contributed by atoms with Gasteiger partial charge in [-0.05, 0) is 51.4 Å². The van der Waals surface area contributed by atoms with E-state index < -0.39 is 48.9 Å². The van der Waals surface area contributed by atoms with Crippen LogP contribution in [0.1, 0.15) is 53.3 Å². The van der Waals surface area contributed by atoms with Crippen molar-refractivity contribution in [3.63, 3.8) is 0 Å². The summed E-state index contributed by atoms with van der Waals surface area (Å²) in [6.07, 6.45) is 1.96. The first-order chi connectivity index (χ1) is 16.3. The van der Waals surface area contributed by atoms with Crippen LogP contribution in [-0.2, 0) is 23.9 Å². The van der Waals surface area contributed by atoms with Gasteiger partial charge in [0.15, 0.2) is 6.73 Å². The lowest BCUT2D eigenvalue weighted by Gasteiger charge is -2.34. The van der Waals surface area contributed by atoms with Gasteiger partial charge >= 0.3 is 5.97 Å². The molecule has 1 aromatic carbocycles. The Morgan fingerprint density at radius 1 is 1.06 bits per heavy atom. The Hall–Kier alpha value is -3.60. The van der Waals surface area contributed by atoms with Gasteiger partial charge in [-0.2, -0.15) is 0 Å². The molecule has 34 heavy (non-hydrogen) atoms. The Morgan fingerprint density at radius 2 is 1.68 bits per heavy atom. The first-order valence-corrected chi connectivity index (χ1v) is 11.3. The minimum absolute atomic E-state index is 0.00196. The van der Waals surface area contributed by atoms with E-state index >= 15 is 0 Å². The second-order valence-electron chi connectivity index (χ2n) is 8.52. The molecule has 3 aliphatic heterocycles. The summed E-state index contributed by atoms with van der Waals surface area (Å²) in [5, 5.41) is 2.50. The average molecular weight is 470 g/mol. The number of carbonyl (C=O) groups is 6. The molecule has 1 N–H and O–H groups in total. The van der Waals surface area contributed by atoms with Gasteiger partial charge in [0.25, 0.3) is 17.7 Å². The van der Waals surface area contributed by atoms with Gasteiger partial charge in [0.05, 0.1) is 17.2 Å². The number of carbonyl (C=O) groups excluding carboxylic acids is 6. The molecular formula is C23H26N4O7.